The number of rotatable bonds is 7. The summed E-state index contributed by atoms with van der Waals surface area (Å²) in [4.78, 5) is 38.4. The number of carbonyl (C=O) groups excluding carboxylic acids is 1. The molecule has 1 atom stereocenters. The highest BCUT2D eigenvalue weighted by molar-refractivity contribution is 5.96. The maximum atomic E-state index is 13.8. The smallest absolute Gasteiger partial charge is 0.316 e. The van der Waals surface area contributed by atoms with Crippen LogP contribution in [0.25, 0.3) is 0 Å². The molecule has 3 aliphatic rings. The third-order valence-corrected chi connectivity index (χ3v) is 7.57. The lowest BCUT2D eigenvalue weighted by Gasteiger charge is -2.34. The first-order chi connectivity index (χ1) is 17.2. The van der Waals surface area contributed by atoms with Crippen LogP contribution < -0.4 is 10.3 Å². The van der Waals surface area contributed by atoms with E-state index in [0.717, 1.165) is 49.8 Å². The minimum Gasteiger partial charge on any atom is -0.481 e. The number of hydrogen-bond acceptors (Lipinski definition) is 5. The summed E-state index contributed by atoms with van der Waals surface area (Å²) in [5, 5.41) is 0. The Labute approximate surface area is 204 Å². The highest BCUT2D eigenvalue weighted by Gasteiger charge is 2.41. The lowest BCUT2D eigenvalue weighted by molar-refractivity contribution is 0.0674. The molecule has 180 valence electrons. The number of benzene rings is 1. The van der Waals surface area contributed by atoms with Gasteiger partial charge in [-0.15, -0.1) is 0 Å². The molecule has 35 heavy (non-hydrogen) atoms. The molecule has 1 amide bonds. The molecule has 3 heterocycles. The molecule has 2 aromatic heterocycles. The first kappa shape index (κ1) is 22.0. The lowest BCUT2D eigenvalue weighted by Crippen LogP contribution is -2.45. The fourth-order valence-electron chi connectivity index (χ4n) is 5.70. The van der Waals surface area contributed by atoms with Crippen molar-refractivity contribution in [1.29, 1.82) is 0 Å². The number of pyridine rings is 1. The van der Waals surface area contributed by atoms with E-state index in [0.29, 0.717) is 30.5 Å². The zero-order valence-corrected chi connectivity index (χ0v) is 19.8. The fraction of sp³-hybridized carbons (Fsp3) is 0.429. The molecule has 0 saturated heterocycles. The van der Waals surface area contributed by atoms with Gasteiger partial charge < -0.3 is 14.2 Å². The minimum atomic E-state index is -0.466. The molecular formula is C28H30N4O3. The number of ether oxygens (including phenoxy) is 1. The molecule has 2 fully saturated rings. The van der Waals surface area contributed by atoms with Crippen LogP contribution in [-0.2, 0) is 13.2 Å². The van der Waals surface area contributed by atoms with Crippen molar-refractivity contribution < 1.29 is 9.53 Å². The second-order valence-corrected chi connectivity index (χ2v) is 9.89. The summed E-state index contributed by atoms with van der Waals surface area (Å²) in [7, 11) is 0. The van der Waals surface area contributed by atoms with Crippen molar-refractivity contribution in [2.75, 3.05) is 6.54 Å². The molecule has 2 aliphatic carbocycles. The number of aromatic nitrogens is 3. The van der Waals surface area contributed by atoms with Crippen LogP contribution in [0.3, 0.4) is 0 Å². The van der Waals surface area contributed by atoms with E-state index in [4.69, 9.17) is 4.74 Å². The van der Waals surface area contributed by atoms with E-state index in [1.165, 1.54) is 0 Å². The van der Waals surface area contributed by atoms with E-state index >= 15 is 0 Å². The summed E-state index contributed by atoms with van der Waals surface area (Å²) < 4.78 is 8.02. The zero-order valence-electron chi connectivity index (χ0n) is 19.8. The van der Waals surface area contributed by atoms with Gasteiger partial charge in [0.2, 0.25) is 5.75 Å². The van der Waals surface area contributed by atoms with E-state index < -0.39 is 5.56 Å². The van der Waals surface area contributed by atoms with Crippen molar-refractivity contribution >= 4 is 5.91 Å². The normalized spacial score (nSPS) is 19.0. The van der Waals surface area contributed by atoms with Crippen LogP contribution in [0, 0.1) is 5.92 Å². The van der Waals surface area contributed by atoms with E-state index in [2.05, 4.69) is 9.97 Å². The second-order valence-electron chi connectivity index (χ2n) is 9.89. The zero-order chi connectivity index (χ0) is 23.8. The monoisotopic (exact) mass is 470 g/mol. The molecule has 0 radical (unpaired) electrons. The molecule has 0 spiro atoms. The molecule has 6 rings (SSSR count). The quantitative estimate of drug-likeness (QED) is 0.518. The van der Waals surface area contributed by atoms with E-state index in [1.54, 1.807) is 6.20 Å². The Morgan fingerprint density at radius 1 is 0.943 bits per heavy atom. The molecule has 7 heteroatoms. The van der Waals surface area contributed by atoms with Crippen molar-refractivity contribution in [2.24, 2.45) is 5.92 Å². The second kappa shape index (κ2) is 9.29. The van der Waals surface area contributed by atoms with Crippen LogP contribution in [-0.4, -0.2) is 37.9 Å². The third kappa shape index (κ3) is 4.24. The Kier molecular flexibility index (Phi) is 5.84. The fourth-order valence-corrected chi connectivity index (χ4v) is 5.70. The van der Waals surface area contributed by atoms with Gasteiger partial charge in [-0.3, -0.25) is 14.6 Å². The molecule has 0 N–H and O–H groups in total. The summed E-state index contributed by atoms with van der Waals surface area (Å²) >= 11 is 0. The summed E-state index contributed by atoms with van der Waals surface area (Å²) in [6, 6.07) is 15.9. The summed E-state index contributed by atoms with van der Waals surface area (Å²) in [5.41, 5.74) is 1.74. The summed E-state index contributed by atoms with van der Waals surface area (Å²) in [5.74, 6) is 0.842. The Morgan fingerprint density at radius 3 is 2.43 bits per heavy atom. The number of hydrogen-bond donors (Lipinski definition) is 0. The van der Waals surface area contributed by atoms with Gasteiger partial charge in [-0.2, -0.15) is 4.98 Å². The lowest BCUT2D eigenvalue weighted by atomic mass is 9.86. The standard InChI is InChI=1S/C28H30N4O3/c33-27-25(35-18-19-8-2-1-3-9-19)24-28(34)31(21-13-14-21)16-17-32(24)26(30-27)23(20-10-4-5-11-20)22-12-6-7-15-29-22/h1-3,6-9,12,15,20-21,23H,4-5,10-11,13-14,16-18H2. The van der Waals surface area contributed by atoms with Gasteiger partial charge in [0, 0.05) is 25.3 Å². The van der Waals surface area contributed by atoms with E-state index in [1.807, 2.05) is 58.0 Å². The van der Waals surface area contributed by atoms with Crippen LogP contribution in [0.4, 0.5) is 0 Å². The number of fused-ring (bicyclic) bond motifs is 1. The van der Waals surface area contributed by atoms with Crippen LogP contribution >= 0.6 is 0 Å². The van der Waals surface area contributed by atoms with E-state index in [9.17, 15) is 9.59 Å². The van der Waals surface area contributed by atoms with Gasteiger partial charge in [0.1, 0.15) is 12.4 Å². The van der Waals surface area contributed by atoms with Crippen LogP contribution in [0.1, 0.15) is 72.0 Å². The average molecular weight is 471 g/mol. The van der Waals surface area contributed by atoms with E-state index in [-0.39, 0.29) is 30.2 Å². The molecule has 1 unspecified atom stereocenters. The predicted molar refractivity (Wildman–Crippen MR) is 131 cm³/mol. The maximum Gasteiger partial charge on any atom is 0.316 e. The van der Waals surface area contributed by atoms with Crippen molar-refractivity contribution in [3.8, 4) is 5.75 Å². The molecule has 3 aromatic rings. The Bertz CT molecular complexity index is 1260. The Hall–Kier alpha value is -3.48. The number of carbonyl (C=O) groups is 1. The first-order valence-electron chi connectivity index (χ1n) is 12.7. The van der Waals surface area contributed by atoms with Gasteiger partial charge in [0.05, 0.1) is 11.6 Å². The highest BCUT2D eigenvalue weighted by atomic mass is 16.5. The van der Waals surface area contributed by atoms with Gasteiger partial charge in [0.15, 0.2) is 5.69 Å². The molecule has 1 aliphatic heterocycles. The molecular weight excluding hydrogens is 440 g/mol. The van der Waals surface area contributed by atoms with Crippen LogP contribution in [0.2, 0.25) is 0 Å². The van der Waals surface area contributed by atoms with Crippen LogP contribution in [0.15, 0.2) is 59.5 Å². The molecule has 7 nitrogen and oxygen atoms in total. The predicted octanol–water partition coefficient (Wildman–Crippen LogP) is 4.16. The minimum absolute atomic E-state index is 0.0687. The SMILES string of the molecule is O=C1c2c(OCc3ccccc3)c(=O)nc(C(c3ccccn3)C3CCCC3)n2CCN1C1CC1. The number of amides is 1. The van der Waals surface area contributed by atoms with Gasteiger partial charge in [-0.05, 0) is 49.3 Å². The maximum absolute atomic E-state index is 13.8. The van der Waals surface area contributed by atoms with Crippen molar-refractivity contribution in [1.82, 2.24) is 19.4 Å². The Balaban J connectivity index is 1.47. The molecule has 0 bridgehead atoms. The van der Waals surface area contributed by atoms with Gasteiger partial charge >= 0.3 is 5.56 Å². The first-order valence-corrected chi connectivity index (χ1v) is 12.7. The van der Waals surface area contributed by atoms with Gasteiger partial charge in [-0.25, -0.2) is 0 Å². The topological polar surface area (TPSA) is 77.3 Å². The van der Waals surface area contributed by atoms with Crippen molar-refractivity contribution in [3.05, 3.63) is 87.9 Å². The summed E-state index contributed by atoms with van der Waals surface area (Å²) in [6.45, 7) is 1.46. The largest absolute Gasteiger partial charge is 0.481 e. The average Bonchev–Trinajstić information content (AvgIpc) is 3.59. The van der Waals surface area contributed by atoms with Crippen molar-refractivity contribution in [3.63, 3.8) is 0 Å². The van der Waals surface area contributed by atoms with Gasteiger partial charge in [-0.1, -0.05) is 49.2 Å². The third-order valence-electron chi connectivity index (χ3n) is 7.57. The van der Waals surface area contributed by atoms with Gasteiger partial charge in [0.25, 0.3) is 5.91 Å². The molecule has 1 aromatic carbocycles. The van der Waals surface area contributed by atoms with Crippen LogP contribution in [0.5, 0.6) is 5.75 Å². The Morgan fingerprint density at radius 2 is 1.71 bits per heavy atom. The number of nitrogens with zero attached hydrogens (tertiary/aromatic N) is 4. The van der Waals surface area contributed by atoms with Crippen molar-refractivity contribution in [2.45, 2.75) is 63.6 Å². The summed E-state index contributed by atoms with van der Waals surface area (Å²) in [6.07, 6.45) is 8.31. The highest BCUT2D eigenvalue weighted by Crippen LogP contribution is 2.41. The molecule has 2 saturated carbocycles.